The molecule has 0 heterocycles. The quantitative estimate of drug-likeness (QED) is 0.617. The van der Waals surface area contributed by atoms with Crippen molar-refractivity contribution in [3.8, 4) is 0 Å². The van der Waals surface area contributed by atoms with Gasteiger partial charge >= 0.3 is 5.97 Å². The van der Waals surface area contributed by atoms with Gasteiger partial charge in [0, 0.05) is 0 Å². The summed E-state index contributed by atoms with van der Waals surface area (Å²) in [5, 5.41) is 8.84. The molecule has 0 aliphatic carbocycles. The first-order valence-electron chi connectivity index (χ1n) is 5.10. The minimum atomic E-state index is -0.647. The third kappa shape index (κ3) is 6.38. The lowest BCUT2D eigenvalue weighted by molar-refractivity contribution is -0.142. The summed E-state index contributed by atoms with van der Waals surface area (Å²) in [6.45, 7) is 4.11. The Kier molecular flexibility index (Phi) is 7.36. The van der Waals surface area contributed by atoms with Crippen LogP contribution in [0.5, 0.6) is 0 Å². The molecule has 0 radical (unpaired) electrons. The second-order valence-corrected chi connectivity index (χ2v) is 3.28. The first-order valence-corrected chi connectivity index (χ1v) is 5.10. The van der Waals surface area contributed by atoms with Gasteiger partial charge in [0.25, 0.3) is 0 Å². The van der Waals surface area contributed by atoms with Crippen molar-refractivity contribution in [2.45, 2.75) is 46.0 Å². The van der Waals surface area contributed by atoms with E-state index in [1.807, 2.05) is 6.92 Å². The highest BCUT2D eigenvalue weighted by Gasteiger charge is 2.14. The van der Waals surface area contributed by atoms with E-state index < -0.39 is 5.97 Å². The molecule has 0 aliphatic rings. The van der Waals surface area contributed by atoms with Gasteiger partial charge in [0.2, 0.25) is 0 Å². The molecule has 0 bridgehead atoms. The number of carbonyl (C=O) groups is 1. The number of carboxylic acids is 1. The Morgan fingerprint density at radius 3 is 2.46 bits per heavy atom. The highest BCUT2D eigenvalue weighted by atomic mass is 16.4. The van der Waals surface area contributed by atoms with Crippen molar-refractivity contribution in [2.75, 3.05) is 0 Å². The van der Waals surface area contributed by atoms with Crippen molar-refractivity contribution in [1.82, 2.24) is 0 Å². The van der Waals surface area contributed by atoms with Crippen molar-refractivity contribution in [1.29, 1.82) is 0 Å². The third-order valence-electron chi connectivity index (χ3n) is 2.07. The summed E-state index contributed by atoms with van der Waals surface area (Å²) in [4.78, 5) is 10.7. The summed E-state index contributed by atoms with van der Waals surface area (Å²) in [5.41, 5.74) is 0. The summed E-state index contributed by atoms with van der Waals surface area (Å²) < 4.78 is 0. The molecule has 0 fully saturated rings. The van der Waals surface area contributed by atoms with Crippen molar-refractivity contribution >= 4 is 5.97 Å². The predicted octanol–water partition coefficient (Wildman–Crippen LogP) is 3.23. The van der Waals surface area contributed by atoms with Crippen LogP contribution in [0.3, 0.4) is 0 Å². The number of hydrogen-bond acceptors (Lipinski definition) is 1. The summed E-state index contributed by atoms with van der Waals surface area (Å²) in [7, 11) is 0. The number of aliphatic carboxylic acids is 1. The second-order valence-electron chi connectivity index (χ2n) is 3.28. The Morgan fingerprint density at radius 2 is 2.00 bits per heavy atom. The molecule has 0 aliphatic heterocycles. The maximum absolute atomic E-state index is 10.7. The molecule has 0 rings (SSSR count). The van der Waals surface area contributed by atoms with Crippen LogP contribution in [0.25, 0.3) is 0 Å². The predicted molar refractivity (Wildman–Crippen MR) is 54.7 cm³/mol. The van der Waals surface area contributed by atoms with E-state index in [0.29, 0.717) is 0 Å². The lowest BCUT2D eigenvalue weighted by Gasteiger charge is -2.08. The fourth-order valence-electron chi connectivity index (χ4n) is 1.32. The van der Waals surface area contributed by atoms with Crippen LogP contribution >= 0.6 is 0 Å². The maximum atomic E-state index is 10.7. The fraction of sp³-hybridized carbons (Fsp3) is 0.727. The number of carboxylic acid groups (broad SMARTS) is 1. The maximum Gasteiger partial charge on any atom is 0.306 e. The molecule has 0 aromatic heterocycles. The van der Waals surface area contributed by atoms with E-state index in [9.17, 15) is 4.79 Å². The largest absolute Gasteiger partial charge is 0.481 e. The van der Waals surface area contributed by atoms with E-state index in [2.05, 4.69) is 19.1 Å². The van der Waals surface area contributed by atoms with Gasteiger partial charge in [0.1, 0.15) is 0 Å². The molecule has 2 nitrogen and oxygen atoms in total. The zero-order valence-corrected chi connectivity index (χ0v) is 8.62. The summed E-state index contributed by atoms with van der Waals surface area (Å²) >= 11 is 0. The molecule has 0 spiro atoms. The third-order valence-corrected chi connectivity index (χ3v) is 2.07. The zero-order chi connectivity index (χ0) is 10.1. The van der Waals surface area contributed by atoms with Crippen molar-refractivity contribution in [2.24, 2.45) is 5.92 Å². The molecule has 0 amide bonds. The molecule has 76 valence electrons. The standard InChI is InChI=1S/C11H20O2/c1-3-5-6-7-9-10(8-4-2)11(12)13/h5-6,10H,3-4,7-9H2,1-2H3,(H,12,13)/b6-5+. The van der Waals surface area contributed by atoms with Gasteiger partial charge in [-0.2, -0.15) is 0 Å². The van der Waals surface area contributed by atoms with Gasteiger partial charge in [0.15, 0.2) is 0 Å². The number of allylic oxidation sites excluding steroid dienone is 2. The van der Waals surface area contributed by atoms with Crippen molar-refractivity contribution in [3.63, 3.8) is 0 Å². The van der Waals surface area contributed by atoms with Crippen LogP contribution in [-0.4, -0.2) is 11.1 Å². The molecular formula is C11H20O2. The number of rotatable bonds is 7. The van der Waals surface area contributed by atoms with Crippen LogP contribution < -0.4 is 0 Å². The summed E-state index contributed by atoms with van der Waals surface area (Å²) in [6, 6.07) is 0. The van der Waals surface area contributed by atoms with E-state index in [-0.39, 0.29) is 5.92 Å². The Labute approximate surface area is 80.7 Å². The van der Waals surface area contributed by atoms with E-state index in [1.54, 1.807) is 0 Å². The monoisotopic (exact) mass is 184 g/mol. The van der Waals surface area contributed by atoms with E-state index in [1.165, 1.54) is 0 Å². The molecule has 2 heteroatoms. The van der Waals surface area contributed by atoms with Crippen molar-refractivity contribution < 1.29 is 9.90 Å². The Balaban J connectivity index is 3.69. The van der Waals surface area contributed by atoms with Gasteiger partial charge in [-0.3, -0.25) is 4.79 Å². The van der Waals surface area contributed by atoms with Gasteiger partial charge in [-0.1, -0.05) is 32.4 Å². The van der Waals surface area contributed by atoms with Gasteiger partial charge in [-0.25, -0.2) is 0 Å². The molecule has 1 atom stereocenters. The van der Waals surface area contributed by atoms with Gasteiger partial charge in [-0.05, 0) is 25.7 Å². The van der Waals surface area contributed by atoms with Gasteiger partial charge in [-0.15, -0.1) is 0 Å². The first kappa shape index (κ1) is 12.2. The highest BCUT2D eigenvalue weighted by molar-refractivity contribution is 5.69. The minimum Gasteiger partial charge on any atom is -0.481 e. The average Bonchev–Trinajstić information content (AvgIpc) is 2.10. The zero-order valence-electron chi connectivity index (χ0n) is 8.62. The van der Waals surface area contributed by atoms with E-state index in [4.69, 9.17) is 5.11 Å². The summed E-state index contributed by atoms with van der Waals surface area (Å²) in [6.07, 6.45) is 8.62. The first-order chi connectivity index (χ1) is 6.22. The lowest BCUT2D eigenvalue weighted by Crippen LogP contribution is -2.12. The lowest BCUT2D eigenvalue weighted by atomic mass is 9.98. The van der Waals surface area contributed by atoms with Crippen LogP contribution in [0.4, 0.5) is 0 Å². The molecule has 0 saturated carbocycles. The molecule has 0 aromatic rings. The Morgan fingerprint density at radius 1 is 1.31 bits per heavy atom. The molecule has 1 unspecified atom stereocenters. The van der Waals surface area contributed by atoms with E-state index in [0.717, 1.165) is 32.1 Å². The summed E-state index contributed by atoms with van der Waals surface area (Å²) in [5.74, 6) is -0.793. The topological polar surface area (TPSA) is 37.3 Å². The smallest absolute Gasteiger partial charge is 0.306 e. The van der Waals surface area contributed by atoms with E-state index >= 15 is 0 Å². The van der Waals surface area contributed by atoms with Crippen LogP contribution in [0.1, 0.15) is 46.0 Å². The Hall–Kier alpha value is -0.790. The molecule has 13 heavy (non-hydrogen) atoms. The van der Waals surface area contributed by atoms with Crippen LogP contribution in [0.15, 0.2) is 12.2 Å². The average molecular weight is 184 g/mol. The SMILES string of the molecule is CC/C=C/CCC(CCC)C(=O)O. The molecule has 0 aromatic carbocycles. The highest BCUT2D eigenvalue weighted by Crippen LogP contribution is 2.14. The molecule has 0 saturated heterocycles. The number of hydrogen-bond donors (Lipinski definition) is 1. The fourth-order valence-corrected chi connectivity index (χ4v) is 1.32. The molecular weight excluding hydrogens is 164 g/mol. The second kappa shape index (κ2) is 7.84. The van der Waals surface area contributed by atoms with Crippen LogP contribution in [-0.2, 0) is 4.79 Å². The van der Waals surface area contributed by atoms with Crippen molar-refractivity contribution in [3.05, 3.63) is 12.2 Å². The van der Waals surface area contributed by atoms with Gasteiger partial charge in [0.05, 0.1) is 5.92 Å². The molecule has 1 N–H and O–H groups in total. The van der Waals surface area contributed by atoms with Crippen LogP contribution in [0, 0.1) is 5.92 Å². The van der Waals surface area contributed by atoms with Gasteiger partial charge < -0.3 is 5.11 Å². The van der Waals surface area contributed by atoms with Crippen LogP contribution in [0.2, 0.25) is 0 Å². The minimum absolute atomic E-state index is 0.147. The normalized spacial score (nSPS) is 13.4. The Bertz CT molecular complexity index is 161.